The number of hydrogen-bond donors (Lipinski definition) is 1. The summed E-state index contributed by atoms with van der Waals surface area (Å²) >= 11 is 0. The molecule has 5 nitrogen and oxygen atoms in total. The van der Waals surface area contributed by atoms with E-state index in [9.17, 15) is 4.79 Å². The van der Waals surface area contributed by atoms with Crippen LogP contribution in [0, 0.1) is 0 Å². The van der Waals surface area contributed by atoms with E-state index in [1.807, 2.05) is 36.4 Å². The van der Waals surface area contributed by atoms with Crippen LogP contribution in [0.2, 0.25) is 0 Å². The number of para-hydroxylation sites is 2. The van der Waals surface area contributed by atoms with Crippen LogP contribution in [-0.4, -0.2) is 22.1 Å². The molecule has 0 saturated heterocycles. The van der Waals surface area contributed by atoms with E-state index < -0.39 is 0 Å². The summed E-state index contributed by atoms with van der Waals surface area (Å²) in [5.74, 6) is 0.660. The van der Waals surface area contributed by atoms with Crippen LogP contribution in [0.1, 0.15) is 28.7 Å². The second kappa shape index (κ2) is 8.61. The molecule has 29 heavy (non-hydrogen) atoms. The highest BCUT2D eigenvalue weighted by atomic mass is 16.5. The van der Waals surface area contributed by atoms with Gasteiger partial charge in [-0.3, -0.25) is 0 Å². The van der Waals surface area contributed by atoms with Crippen molar-refractivity contribution in [2.75, 3.05) is 11.9 Å². The van der Waals surface area contributed by atoms with Crippen molar-refractivity contribution in [2.45, 2.75) is 20.0 Å². The molecular weight excluding hydrogens is 362 g/mol. The molecule has 1 heterocycles. The quantitative estimate of drug-likeness (QED) is 0.461. The molecule has 4 aromatic rings. The lowest BCUT2D eigenvalue weighted by molar-refractivity contribution is 0.0526. The van der Waals surface area contributed by atoms with Crippen molar-refractivity contribution >= 4 is 22.7 Å². The number of rotatable bonds is 7. The number of anilines is 1. The number of nitrogens with zero attached hydrogens (tertiary/aromatic N) is 2. The number of benzene rings is 3. The molecule has 0 aliphatic carbocycles. The summed E-state index contributed by atoms with van der Waals surface area (Å²) in [6, 6.07) is 25.9. The van der Waals surface area contributed by atoms with Crippen molar-refractivity contribution in [1.82, 2.24) is 9.55 Å². The Bertz CT molecular complexity index is 1100. The van der Waals surface area contributed by atoms with Crippen molar-refractivity contribution in [2.24, 2.45) is 0 Å². The zero-order valence-corrected chi connectivity index (χ0v) is 16.3. The molecule has 0 amide bonds. The molecule has 4 rings (SSSR count). The molecule has 0 spiro atoms. The molecule has 1 aromatic heterocycles. The molecule has 3 aromatic carbocycles. The van der Waals surface area contributed by atoms with Crippen LogP contribution in [0.5, 0.6) is 0 Å². The molecule has 0 saturated carbocycles. The van der Waals surface area contributed by atoms with E-state index in [-0.39, 0.29) is 5.97 Å². The van der Waals surface area contributed by atoms with E-state index in [4.69, 9.17) is 9.72 Å². The van der Waals surface area contributed by atoms with Crippen LogP contribution in [0.25, 0.3) is 11.0 Å². The minimum Gasteiger partial charge on any atom is -0.462 e. The van der Waals surface area contributed by atoms with Gasteiger partial charge in [-0.1, -0.05) is 42.5 Å². The first-order valence-electron chi connectivity index (χ1n) is 9.73. The highest BCUT2D eigenvalue weighted by Crippen LogP contribution is 2.19. The number of esters is 1. The summed E-state index contributed by atoms with van der Waals surface area (Å²) < 4.78 is 7.27. The lowest BCUT2D eigenvalue weighted by Gasteiger charge is -2.11. The fourth-order valence-corrected chi connectivity index (χ4v) is 3.32. The Balaban J connectivity index is 1.55. The van der Waals surface area contributed by atoms with Crippen molar-refractivity contribution in [3.63, 3.8) is 0 Å². The number of carbonyl (C=O) groups excluding carboxylic acids is 1. The predicted octanol–water partition coefficient (Wildman–Crippen LogP) is 4.87. The zero-order valence-electron chi connectivity index (χ0n) is 16.3. The summed E-state index contributed by atoms with van der Waals surface area (Å²) in [4.78, 5) is 16.6. The zero-order chi connectivity index (χ0) is 20.1. The predicted molar refractivity (Wildman–Crippen MR) is 115 cm³/mol. The van der Waals surface area contributed by atoms with Gasteiger partial charge < -0.3 is 14.6 Å². The molecule has 0 unspecified atom stereocenters. The van der Waals surface area contributed by atoms with Crippen LogP contribution >= 0.6 is 0 Å². The maximum Gasteiger partial charge on any atom is 0.338 e. The topological polar surface area (TPSA) is 56.1 Å². The van der Waals surface area contributed by atoms with Crippen molar-refractivity contribution in [1.29, 1.82) is 0 Å². The van der Waals surface area contributed by atoms with E-state index >= 15 is 0 Å². The number of hydrogen-bond acceptors (Lipinski definition) is 4. The third kappa shape index (κ3) is 4.29. The van der Waals surface area contributed by atoms with Gasteiger partial charge in [-0.15, -0.1) is 0 Å². The first kappa shape index (κ1) is 18.7. The molecule has 0 bridgehead atoms. The molecule has 0 atom stereocenters. The number of fused-ring (bicyclic) bond motifs is 1. The molecule has 146 valence electrons. The summed E-state index contributed by atoms with van der Waals surface area (Å²) in [6.45, 7) is 3.52. The van der Waals surface area contributed by atoms with E-state index in [0.717, 1.165) is 29.1 Å². The summed E-state index contributed by atoms with van der Waals surface area (Å²) in [5.41, 5.74) is 4.81. The lowest BCUT2D eigenvalue weighted by atomic mass is 10.2. The van der Waals surface area contributed by atoms with Gasteiger partial charge in [0.1, 0.15) is 5.82 Å². The average molecular weight is 385 g/mol. The van der Waals surface area contributed by atoms with Crippen molar-refractivity contribution in [3.05, 3.63) is 95.8 Å². The maximum absolute atomic E-state index is 11.8. The number of aromatic nitrogens is 2. The Morgan fingerprint density at radius 1 is 0.966 bits per heavy atom. The molecule has 1 N–H and O–H groups in total. The number of carbonyl (C=O) groups is 1. The van der Waals surface area contributed by atoms with Crippen LogP contribution in [0.3, 0.4) is 0 Å². The van der Waals surface area contributed by atoms with Crippen LogP contribution in [-0.2, 0) is 17.8 Å². The van der Waals surface area contributed by atoms with Gasteiger partial charge in [0.2, 0.25) is 0 Å². The monoisotopic (exact) mass is 385 g/mol. The molecule has 0 aliphatic heterocycles. The smallest absolute Gasteiger partial charge is 0.338 e. The number of ether oxygens (including phenoxy) is 1. The molecule has 0 radical (unpaired) electrons. The molecular formula is C24H23N3O2. The Hall–Kier alpha value is -3.60. The van der Waals surface area contributed by atoms with Gasteiger partial charge in [-0.25, -0.2) is 9.78 Å². The SMILES string of the molecule is CCOC(=O)c1ccc(NCc2nc3ccccc3n2Cc2ccccc2)cc1. The van der Waals surface area contributed by atoms with Gasteiger partial charge in [0, 0.05) is 12.2 Å². The third-order valence-electron chi connectivity index (χ3n) is 4.76. The van der Waals surface area contributed by atoms with Gasteiger partial charge in [0.25, 0.3) is 0 Å². The Labute approximate surface area is 170 Å². The van der Waals surface area contributed by atoms with Gasteiger partial charge in [0.15, 0.2) is 0 Å². The van der Waals surface area contributed by atoms with E-state index in [0.29, 0.717) is 18.7 Å². The average Bonchev–Trinajstić information content (AvgIpc) is 3.11. The Morgan fingerprint density at radius 3 is 2.45 bits per heavy atom. The van der Waals surface area contributed by atoms with E-state index in [2.05, 4.69) is 40.2 Å². The molecule has 0 aliphatic rings. The largest absolute Gasteiger partial charge is 0.462 e. The van der Waals surface area contributed by atoms with Crippen molar-refractivity contribution < 1.29 is 9.53 Å². The lowest BCUT2D eigenvalue weighted by Crippen LogP contribution is -2.10. The first-order valence-corrected chi connectivity index (χ1v) is 9.73. The summed E-state index contributed by atoms with van der Waals surface area (Å²) in [6.07, 6.45) is 0. The number of imidazole rings is 1. The van der Waals surface area contributed by atoms with Gasteiger partial charge >= 0.3 is 5.97 Å². The highest BCUT2D eigenvalue weighted by molar-refractivity contribution is 5.89. The van der Waals surface area contributed by atoms with E-state index in [1.165, 1.54) is 5.56 Å². The Morgan fingerprint density at radius 2 is 1.69 bits per heavy atom. The highest BCUT2D eigenvalue weighted by Gasteiger charge is 2.11. The first-order chi connectivity index (χ1) is 14.2. The standard InChI is InChI=1S/C24H23N3O2/c1-2-29-24(28)19-12-14-20(15-13-19)25-16-23-26-21-10-6-7-11-22(21)27(23)17-18-8-4-3-5-9-18/h3-15,25H,2,16-17H2,1H3. The number of nitrogens with one attached hydrogen (secondary N) is 1. The van der Waals surface area contributed by atoms with Gasteiger partial charge in [-0.2, -0.15) is 0 Å². The fraction of sp³-hybridized carbons (Fsp3) is 0.167. The van der Waals surface area contributed by atoms with Gasteiger partial charge in [0.05, 0.1) is 29.7 Å². The summed E-state index contributed by atoms with van der Waals surface area (Å²) in [7, 11) is 0. The van der Waals surface area contributed by atoms with Crippen molar-refractivity contribution in [3.8, 4) is 0 Å². The van der Waals surface area contributed by atoms with Gasteiger partial charge in [-0.05, 0) is 48.9 Å². The second-order valence-electron chi connectivity index (χ2n) is 6.74. The maximum atomic E-state index is 11.8. The van der Waals surface area contributed by atoms with Crippen LogP contribution in [0.15, 0.2) is 78.9 Å². The third-order valence-corrected chi connectivity index (χ3v) is 4.76. The minimum atomic E-state index is -0.302. The molecule has 5 heteroatoms. The summed E-state index contributed by atoms with van der Waals surface area (Å²) in [5, 5.41) is 3.41. The molecule has 0 fully saturated rings. The second-order valence-corrected chi connectivity index (χ2v) is 6.74. The Kier molecular flexibility index (Phi) is 5.56. The normalized spacial score (nSPS) is 10.8. The minimum absolute atomic E-state index is 0.302. The van der Waals surface area contributed by atoms with E-state index in [1.54, 1.807) is 19.1 Å². The fourth-order valence-electron chi connectivity index (χ4n) is 3.32. The van der Waals surface area contributed by atoms with Crippen LogP contribution < -0.4 is 5.32 Å². The van der Waals surface area contributed by atoms with Crippen LogP contribution in [0.4, 0.5) is 5.69 Å².